The molecule has 0 saturated heterocycles. The van der Waals surface area contributed by atoms with Crippen molar-refractivity contribution in [3.63, 3.8) is 0 Å². The summed E-state index contributed by atoms with van der Waals surface area (Å²) in [4.78, 5) is 0. The molecule has 0 aromatic rings. The topological polar surface area (TPSA) is 34.1 Å². The molecule has 0 fully saturated rings. The predicted octanol–water partition coefficient (Wildman–Crippen LogP) is 0.993. The van der Waals surface area contributed by atoms with Crippen LogP contribution in [0.4, 0.5) is 0 Å². The van der Waals surface area contributed by atoms with Crippen LogP contribution in [0.5, 0.6) is 0 Å². The molecule has 0 heterocycles. The molecule has 0 amide bonds. The third-order valence-electron chi connectivity index (χ3n) is 0. The summed E-state index contributed by atoms with van der Waals surface area (Å²) in [5.74, 6) is 0. The molecule has 0 rings (SSSR count). The number of hydrogen-bond donors (Lipinski definition) is 0. The Hall–Kier alpha value is 0.652. The summed E-state index contributed by atoms with van der Waals surface area (Å²) in [6, 6.07) is 0. The Bertz CT molecular complexity index is 38.1. The maximum absolute atomic E-state index is 8.58. The average molecular weight is 313 g/mol. The number of rotatable bonds is 0. The zero-order valence-corrected chi connectivity index (χ0v) is 8.06. The Kier molecular flexibility index (Phi) is 28.5. The summed E-state index contributed by atoms with van der Waals surface area (Å²) < 4.78 is 17.2. The first-order chi connectivity index (χ1) is 2.83. The molecule has 0 atom stereocenters. The van der Waals surface area contributed by atoms with Crippen molar-refractivity contribution in [1.82, 2.24) is 0 Å². The van der Waals surface area contributed by atoms with Crippen LogP contribution in [0.3, 0.4) is 0 Å². The van der Waals surface area contributed by atoms with Crippen molar-refractivity contribution in [3.05, 3.63) is 6.42 Å². The van der Waals surface area contributed by atoms with Crippen LogP contribution in [0, 0.1) is 34.2 Å². The predicted molar refractivity (Wildman–Crippen MR) is 17.0 cm³/mol. The van der Waals surface area contributed by atoms with E-state index in [4.69, 9.17) is 4.47 Å². The van der Waals surface area contributed by atoms with Crippen molar-refractivity contribution >= 4 is 0 Å². The van der Waals surface area contributed by atoms with E-state index in [1.54, 1.807) is 0 Å². The van der Waals surface area contributed by atoms with Gasteiger partial charge in [-0.3, -0.25) is 0 Å². The number of hydrogen-bond acceptors (Lipinski definition) is 2. The van der Waals surface area contributed by atoms with Gasteiger partial charge in [-0.2, -0.15) is 13.8 Å². The van der Waals surface area contributed by atoms with Crippen LogP contribution in [0.15, 0.2) is 0 Å². The van der Waals surface area contributed by atoms with Crippen molar-refractivity contribution in [2.24, 2.45) is 0 Å². The molecule has 0 saturated carbocycles. The third kappa shape index (κ3) is 146. The van der Waals surface area contributed by atoms with E-state index in [0.717, 1.165) is 0 Å². The van der Waals surface area contributed by atoms with Crippen LogP contribution in [0.25, 0.3) is 0 Å². The van der Waals surface area contributed by atoms with Crippen LogP contribution < -0.4 is 0 Å². The molecule has 34 valence electrons. The van der Waals surface area contributed by atoms with E-state index in [9.17, 15) is 0 Å². The molecule has 0 aliphatic carbocycles. The molecule has 0 aromatic heterocycles. The van der Waals surface area contributed by atoms with E-state index >= 15 is 0 Å². The van der Waals surface area contributed by atoms with Crippen LogP contribution in [0.2, 0.25) is 0 Å². The zero-order chi connectivity index (χ0) is 5.41. The monoisotopic (exact) mass is 313 g/mol. The van der Waals surface area contributed by atoms with Gasteiger partial charge in [0, 0.05) is 0 Å². The molecular weight excluding hydrogens is 306 g/mol. The summed E-state index contributed by atoms with van der Waals surface area (Å²) in [7, 11) is 0. The van der Waals surface area contributed by atoms with Gasteiger partial charge in [0.2, 0.25) is 0 Å². The fraction of sp³-hybridized carbons (Fsp3) is 0.667. The fourth-order valence-electron chi connectivity index (χ4n) is 0. The fourth-order valence-corrected chi connectivity index (χ4v) is 0. The van der Waals surface area contributed by atoms with Gasteiger partial charge < -0.3 is 6.42 Å². The quantitative estimate of drug-likeness (QED) is 0.625. The average Bonchev–Trinajstić information content (AvgIpc) is 1.39. The first-order valence-electron chi connectivity index (χ1n) is 1.56. The van der Waals surface area contributed by atoms with Gasteiger partial charge in [0.05, 0.1) is 0 Å². The molecule has 0 aliphatic rings. The Morgan fingerprint density at radius 2 is 1.33 bits per heavy atom. The molecule has 0 aromatic carbocycles. The minimum atomic E-state index is -2.51. The molecule has 0 bridgehead atoms. The third-order valence-corrected chi connectivity index (χ3v) is 0. The van der Waals surface area contributed by atoms with Gasteiger partial charge in [-0.15, -0.1) is 0 Å². The van der Waals surface area contributed by atoms with Gasteiger partial charge in [0.25, 0.3) is 0 Å². The molecule has 2 nitrogen and oxygen atoms in total. The molecule has 0 aliphatic heterocycles. The van der Waals surface area contributed by atoms with E-state index in [-0.39, 0.29) is 0 Å². The standard InChI is InChI=1S/C3H7.2O.U/c1-3-2;;;/h3H,1-2H3;;;/q-1;;;+2. The van der Waals surface area contributed by atoms with Gasteiger partial charge >= 0.3 is 32.3 Å². The molecule has 0 unspecified atom stereocenters. The second-order valence-corrected chi connectivity index (χ2v) is 1.35. The van der Waals surface area contributed by atoms with Gasteiger partial charge in [-0.25, -0.2) is 0 Å². The normalized spacial score (nSPS) is 4.33. The molecule has 6 heavy (non-hydrogen) atoms. The van der Waals surface area contributed by atoms with E-state index in [1.165, 1.54) is 0 Å². The molecule has 0 radical (unpaired) electrons. The second kappa shape index (κ2) is 17.4. The minimum absolute atomic E-state index is 2.00. The summed E-state index contributed by atoms with van der Waals surface area (Å²) in [6.07, 6.45) is 2.00. The van der Waals surface area contributed by atoms with Crippen LogP contribution in [-0.4, -0.2) is 0 Å². The summed E-state index contributed by atoms with van der Waals surface area (Å²) in [5, 5.41) is 0. The van der Waals surface area contributed by atoms with Gasteiger partial charge in [-0.1, -0.05) is 0 Å². The van der Waals surface area contributed by atoms with Crippen LogP contribution in [-0.2, 0) is 4.47 Å². The van der Waals surface area contributed by atoms with Crippen molar-refractivity contribution in [2.75, 3.05) is 0 Å². The van der Waals surface area contributed by atoms with Crippen molar-refractivity contribution in [1.29, 1.82) is 0 Å². The Morgan fingerprint density at radius 1 is 1.33 bits per heavy atom. The zero-order valence-electron chi connectivity index (χ0n) is 3.89. The summed E-state index contributed by atoms with van der Waals surface area (Å²) in [6.45, 7) is 4.00. The van der Waals surface area contributed by atoms with Gasteiger partial charge in [-0.05, 0) is 0 Å². The second-order valence-electron chi connectivity index (χ2n) is 0.661. The first-order valence-corrected chi connectivity index (χ1v) is 4.96. The maximum atomic E-state index is 8.58. The van der Waals surface area contributed by atoms with Crippen molar-refractivity contribution < 1.29 is 32.3 Å². The summed E-state index contributed by atoms with van der Waals surface area (Å²) in [5.41, 5.74) is 0. The van der Waals surface area contributed by atoms with Crippen molar-refractivity contribution in [2.45, 2.75) is 13.8 Å². The van der Waals surface area contributed by atoms with Gasteiger partial charge in [0.15, 0.2) is 0 Å². The van der Waals surface area contributed by atoms with E-state index in [1.807, 2.05) is 20.3 Å². The summed E-state index contributed by atoms with van der Waals surface area (Å²) >= 11 is -2.51. The van der Waals surface area contributed by atoms with E-state index in [2.05, 4.69) is 0 Å². The van der Waals surface area contributed by atoms with Crippen LogP contribution >= 0.6 is 0 Å². The molecule has 0 N–H and O–H groups in total. The SMILES string of the molecule is C[CH-]C.[O]=[U+2]=[O]. The Labute approximate surface area is 52.5 Å². The van der Waals surface area contributed by atoms with E-state index in [0.29, 0.717) is 0 Å². The molecular formula is C3H7O2U+. The van der Waals surface area contributed by atoms with E-state index < -0.39 is 27.8 Å². The molecule has 3 heteroatoms. The Balaban J connectivity index is 0. The molecule has 0 spiro atoms. The van der Waals surface area contributed by atoms with Gasteiger partial charge in [0.1, 0.15) is 0 Å². The Morgan fingerprint density at radius 3 is 1.33 bits per heavy atom. The van der Waals surface area contributed by atoms with Crippen LogP contribution in [0.1, 0.15) is 13.8 Å². The van der Waals surface area contributed by atoms with Crippen molar-refractivity contribution in [3.8, 4) is 0 Å². The first kappa shape index (κ1) is 9.82.